The van der Waals surface area contributed by atoms with Gasteiger partial charge in [0.2, 0.25) is 0 Å². The quantitative estimate of drug-likeness (QED) is 0.472. The van der Waals surface area contributed by atoms with E-state index in [4.69, 9.17) is 4.74 Å². The molecule has 1 aromatic carbocycles. The Labute approximate surface area is 113 Å². The normalized spacial score (nSPS) is 11.2. The van der Waals surface area contributed by atoms with Crippen LogP contribution in [0.3, 0.4) is 0 Å². The number of nitrogens with zero attached hydrogens (tertiary/aromatic N) is 1. The Balaban J connectivity index is 2.51. The number of ether oxygens (including phenoxy) is 1. The highest BCUT2D eigenvalue weighted by atomic mass is 19.4. The van der Waals surface area contributed by atoms with Crippen molar-refractivity contribution in [1.82, 2.24) is 0 Å². The molecule has 1 rings (SSSR count). The smallest absolute Gasteiger partial charge is 0.389 e. The number of hydrogen-bond donors (Lipinski definition) is 1. The molecule has 0 fully saturated rings. The zero-order chi connectivity index (χ0) is 15.2. The van der Waals surface area contributed by atoms with Gasteiger partial charge in [0.25, 0.3) is 5.69 Å². The van der Waals surface area contributed by atoms with E-state index in [0.717, 1.165) is 0 Å². The Morgan fingerprint density at radius 3 is 2.55 bits per heavy atom. The summed E-state index contributed by atoms with van der Waals surface area (Å²) in [5.41, 5.74) is 0.310. The van der Waals surface area contributed by atoms with Gasteiger partial charge in [0.15, 0.2) is 0 Å². The minimum absolute atomic E-state index is 0.0164. The van der Waals surface area contributed by atoms with Crippen LogP contribution in [0.5, 0.6) is 5.75 Å². The number of alkyl halides is 3. The molecule has 0 bridgehead atoms. The largest absolute Gasteiger partial charge is 0.496 e. The fourth-order valence-corrected chi connectivity index (χ4v) is 1.59. The highest BCUT2D eigenvalue weighted by Gasteiger charge is 2.25. The molecule has 0 spiro atoms. The summed E-state index contributed by atoms with van der Waals surface area (Å²) in [6, 6.07) is 4.14. The fourth-order valence-electron chi connectivity index (χ4n) is 1.59. The first kappa shape index (κ1) is 16.1. The monoisotopic (exact) mass is 292 g/mol. The Hall–Kier alpha value is -1.99. The zero-order valence-corrected chi connectivity index (χ0v) is 10.9. The van der Waals surface area contributed by atoms with Crippen LogP contribution in [0.4, 0.5) is 24.5 Å². The number of anilines is 1. The molecule has 5 nitrogen and oxygen atoms in total. The highest BCUT2D eigenvalue weighted by molar-refractivity contribution is 5.56. The number of unbranched alkanes of at least 4 members (excludes halogenated alkanes) is 1. The molecule has 1 N–H and O–H groups in total. The van der Waals surface area contributed by atoms with Crippen LogP contribution in [0.2, 0.25) is 0 Å². The number of nitro groups is 1. The molecule has 0 atom stereocenters. The second kappa shape index (κ2) is 6.97. The number of benzene rings is 1. The lowest BCUT2D eigenvalue weighted by Gasteiger charge is -2.09. The summed E-state index contributed by atoms with van der Waals surface area (Å²) < 4.78 is 40.7. The van der Waals surface area contributed by atoms with Crippen LogP contribution in [0.1, 0.15) is 19.3 Å². The van der Waals surface area contributed by atoms with Gasteiger partial charge in [-0.15, -0.1) is 0 Å². The molecule has 1 aromatic rings. The summed E-state index contributed by atoms with van der Waals surface area (Å²) in [5, 5.41) is 13.6. The van der Waals surface area contributed by atoms with Gasteiger partial charge in [-0.25, -0.2) is 0 Å². The second-order valence-electron chi connectivity index (χ2n) is 4.18. The van der Waals surface area contributed by atoms with E-state index in [2.05, 4.69) is 5.32 Å². The van der Waals surface area contributed by atoms with Crippen LogP contribution in [-0.2, 0) is 0 Å². The van der Waals surface area contributed by atoms with Crippen molar-refractivity contribution in [2.24, 2.45) is 0 Å². The van der Waals surface area contributed by atoms with Crippen molar-refractivity contribution in [2.75, 3.05) is 19.0 Å². The summed E-state index contributed by atoms with van der Waals surface area (Å²) >= 11 is 0. The van der Waals surface area contributed by atoms with Gasteiger partial charge in [-0.2, -0.15) is 13.2 Å². The van der Waals surface area contributed by atoms with Gasteiger partial charge >= 0.3 is 6.18 Å². The van der Waals surface area contributed by atoms with E-state index in [0.29, 0.717) is 24.4 Å². The van der Waals surface area contributed by atoms with Gasteiger partial charge in [0, 0.05) is 30.8 Å². The molecule has 0 heterocycles. The van der Waals surface area contributed by atoms with E-state index in [1.165, 1.54) is 19.2 Å². The summed E-state index contributed by atoms with van der Waals surface area (Å²) in [6.07, 6.45) is -4.63. The van der Waals surface area contributed by atoms with Crippen LogP contribution >= 0.6 is 0 Å². The van der Waals surface area contributed by atoms with Gasteiger partial charge in [-0.05, 0) is 12.8 Å². The predicted molar refractivity (Wildman–Crippen MR) is 68.0 cm³/mol. The van der Waals surface area contributed by atoms with Crippen LogP contribution in [0, 0.1) is 10.1 Å². The summed E-state index contributed by atoms with van der Waals surface area (Å²) in [5.74, 6) is 0.317. The SMILES string of the molecule is COc1cc(NCCCCC(F)(F)F)cc([N+](=O)[O-])c1. The van der Waals surface area contributed by atoms with Crippen molar-refractivity contribution in [1.29, 1.82) is 0 Å². The third kappa shape index (κ3) is 5.77. The van der Waals surface area contributed by atoms with Gasteiger partial charge in [0.1, 0.15) is 5.75 Å². The number of rotatable bonds is 7. The number of nitrogens with one attached hydrogen (secondary N) is 1. The Kier molecular flexibility index (Phi) is 5.60. The summed E-state index contributed by atoms with van der Waals surface area (Å²) in [7, 11) is 1.38. The van der Waals surface area contributed by atoms with Gasteiger partial charge < -0.3 is 10.1 Å². The highest BCUT2D eigenvalue weighted by Crippen LogP contribution is 2.26. The van der Waals surface area contributed by atoms with E-state index in [1.54, 1.807) is 6.07 Å². The van der Waals surface area contributed by atoms with Gasteiger partial charge in [-0.1, -0.05) is 0 Å². The van der Waals surface area contributed by atoms with Gasteiger partial charge in [0.05, 0.1) is 18.1 Å². The number of nitro benzene ring substituents is 1. The van der Waals surface area contributed by atoms with Crippen molar-refractivity contribution < 1.29 is 22.8 Å². The molecular formula is C12H15F3N2O3. The summed E-state index contributed by atoms with van der Waals surface area (Å²) in [4.78, 5) is 10.1. The summed E-state index contributed by atoms with van der Waals surface area (Å²) in [6.45, 7) is 0.306. The third-order valence-corrected chi connectivity index (χ3v) is 2.55. The van der Waals surface area contributed by atoms with Crippen molar-refractivity contribution >= 4 is 11.4 Å². The molecule has 20 heavy (non-hydrogen) atoms. The lowest BCUT2D eigenvalue weighted by atomic mass is 10.2. The van der Waals surface area contributed by atoms with Crippen molar-refractivity contribution in [2.45, 2.75) is 25.4 Å². The maximum absolute atomic E-state index is 11.9. The topological polar surface area (TPSA) is 64.4 Å². The number of non-ortho nitro benzene ring substituents is 1. The number of methoxy groups -OCH3 is 1. The van der Waals surface area contributed by atoms with Crippen LogP contribution in [0.25, 0.3) is 0 Å². The second-order valence-corrected chi connectivity index (χ2v) is 4.18. The Bertz CT molecular complexity index is 464. The Morgan fingerprint density at radius 1 is 1.30 bits per heavy atom. The molecule has 112 valence electrons. The average Bonchev–Trinajstić information content (AvgIpc) is 2.36. The van der Waals surface area contributed by atoms with Crippen molar-refractivity contribution in [3.63, 3.8) is 0 Å². The van der Waals surface area contributed by atoms with E-state index in [-0.39, 0.29) is 12.1 Å². The van der Waals surface area contributed by atoms with Gasteiger partial charge in [-0.3, -0.25) is 10.1 Å². The molecule has 8 heteroatoms. The fraction of sp³-hybridized carbons (Fsp3) is 0.500. The standard InChI is InChI=1S/C12H15F3N2O3/c1-20-11-7-9(6-10(8-11)17(18)19)16-5-3-2-4-12(13,14)15/h6-8,16H,2-5H2,1H3. The molecule has 0 aliphatic heterocycles. The molecule has 0 amide bonds. The first-order chi connectivity index (χ1) is 9.31. The molecule has 0 saturated carbocycles. The lowest BCUT2D eigenvalue weighted by Crippen LogP contribution is -2.08. The molecule has 0 radical (unpaired) electrons. The molecular weight excluding hydrogens is 277 g/mol. The molecule has 0 saturated heterocycles. The molecule has 0 aliphatic rings. The van der Waals surface area contributed by atoms with Crippen LogP contribution in [-0.4, -0.2) is 24.8 Å². The van der Waals surface area contributed by atoms with Crippen molar-refractivity contribution in [3.8, 4) is 5.75 Å². The van der Waals surface area contributed by atoms with E-state index in [9.17, 15) is 23.3 Å². The number of hydrogen-bond acceptors (Lipinski definition) is 4. The van der Waals surface area contributed by atoms with E-state index >= 15 is 0 Å². The van der Waals surface area contributed by atoms with E-state index < -0.39 is 17.5 Å². The first-order valence-corrected chi connectivity index (χ1v) is 5.96. The number of halogens is 3. The molecule has 0 aliphatic carbocycles. The van der Waals surface area contributed by atoms with Crippen LogP contribution in [0.15, 0.2) is 18.2 Å². The minimum atomic E-state index is -4.14. The van der Waals surface area contributed by atoms with E-state index in [1.807, 2.05) is 0 Å². The maximum atomic E-state index is 11.9. The molecule has 0 aromatic heterocycles. The average molecular weight is 292 g/mol. The predicted octanol–water partition coefficient (Wildman–Crippen LogP) is 3.75. The molecule has 0 unspecified atom stereocenters. The van der Waals surface area contributed by atoms with Crippen molar-refractivity contribution in [3.05, 3.63) is 28.3 Å². The third-order valence-electron chi connectivity index (χ3n) is 2.55. The Morgan fingerprint density at radius 2 is 2.00 bits per heavy atom. The lowest BCUT2D eigenvalue weighted by molar-refractivity contribution is -0.384. The van der Waals surface area contributed by atoms with Crippen LogP contribution < -0.4 is 10.1 Å². The maximum Gasteiger partial charge on any atom is 0.389 e. The first-order valence-electron chi connectivity index (χ1n) is 5.96. The minimum Gasteiger partial charge on any atom is -0.496 e. The zero-order valence-electron chi connectivity index (χ0n) is 10.9.